The lowest BCUT2D eigenvalue weighted by atomic mass is 10.1. The number of hydrogen-bond donors (Lipinski definition) is 1. The lowest BCUT2D eigenvalue weighted by Gasteiger charge is -2.29. The number of carboxylic acid groups (broad SMARTS) is 1. The Hall–Kier alpha value is -0.870. The largest absolute Gasteiger partial charge is 0.480 e. The normalized spacial score (nSPS) is 23.0. The van der Waals surface area contributed by atoms with E-state index in [9.17, 15) is 4.79 Å². The second-order valence-corrected chi connectivity index (χ2v) is 6.44. The van der Waals surface area contributed by atoms with Crippen molar-refractivity contribution in [1.82, 2.24) is 0 Å². The van der Waals surface area contributed by atoms with Gasteiger partial charge >= 0.3 is 5.97 Å². The van der Waals surface area contributed by atoms with Crippen LogP contribution in [0.4, 0.5) is 5.69 Å². The van der Waals surface area contributed by atoms with E-state index in [1.165, 1.54) is 0 Å². The second kappa shape index (κ2) is 5.85. The molecule has 2 rings (SSSR count). The molecule has 1 heterocycles. The van der Waals surface area contributed by atoms with Gasteiger partial charge in [-0.1, -0.05) is 18.5 Å². The third-order valence-corrected chi connectivity index (χ3v) is 4.67. The average molecular weight is 286 g/mol. The van der Waals surface area contributed by atoms with Gasteiger partial charge in [-0.15, -0.1) is 0 Å². The van der Waals surface area contributed by atoms with Gasteiger partial charge in [0.05, 0.1) is 0 Å². The SMILES string of the molecule is CC1CC(N(CC(=O)O)c2ccc(Cl)cc2)CS1. The molecule has 1 saturated heterocycles. The van der Waals surface area contributed by atoms with Crippen molar-refractivity contribution in [1.29, 1.82) is 0 Å². The standard InChI is InChI=1S/C13H16ClNO2S/c1-9-6-12(8-18-9)15(7-13(16)17)11-4-2-10(14)3-5-11/h2-5,9,12H,6-8H2,1H3,(H,16,17). The van der Waals surface area contributed by atoms with Crippen LogP contribution in [0.1, 0.15) is 13.3 Å². The minimum atomic E-state index is -0.797. The summed E-state index contributed by atoms with van der Waals surface area (Å²) in [5.41, 5.74) is 0.932. The average Bonchev–Trinajstić information content (AvgIpc) is 2.74. The van der Waals surface area contributed by atoms with Gasteiger partial charge in [0, 0.05) is 27.8 Å². The van der Waals surface area contributed by atoms with Gasteiger partial charge in [0.15, 0.2) is 0 Å². The van der Waals surface area contributed by atoms with Crippen molar-refractivity contribution in [3.05, 3.63) is 29.3 Å². The molecule has 18 heavy (non-hydrogen) atoms. The van der Waals surface area contributed by atoms with E-state index in [2.05, 4.69) is 6.92 Å². The number of thioether (sulfide) groups is 1. The Morgan fingerprint density at radius 3 is 2.67 bits per heavy atom. The highest BCUT2D eigenvalue weighted by molar-refractivity contribution is 8.00. The molecule has 0 saturated carbocycles. The predicted octanol–water partition coefficient (Wildman–Crippen LogP) is 3.13. The minimum absolute atomic E-state index is 0.0412. The summed E-state index contributed by atoms with van der Waals surface area (Å²) in [4.78, 5) is 13.0. The van der Waals surface area contributed by atoms with E-state index in [4.69, 9.17) is 16.7 Å². The zero-order valence-corrected chi connectivity index (χ0v) is 11.7. The van der Waals surface area contributed by atoms with Crippen LogP contribution in [-0.4, -0.2) is 34.7 Å². The zero-order valence-electron chi connectivity index (χ0n) is 10.2. The van der Waals surface area contributed by atoms with Crippen molar-refractivity contribution < 1.29 is 9.90 Å². The summed E-state index contributed by atoms with van der Waals surface area (Å²) >= 11 is 7.76. The van der Waals surface area contributed by atoms with Gasteiger partial charge < -0.3 is 10.0 Å². The van der Waals surface area contributed by atoms with Crippen molar-refractivity contribution in [2.75, 3.05) is 17.2 Å². The molecule has 1 aliphatic heterocycles. The van der Waals surface area contributed by atoms with E-state index in [1.807, 2.05) is 28.8 Å². The molecule has 3 nitrogen and oxygen atoms in total. The lowest BCUT2D eigenvalue weighted by molar-refractivity contribution is -0.135. The van der Waals surface area contributed by atoms with Gasteiger partial charge in [0.2, 0.25) is 0 Å². The third kappa shape index (κ3) is 3.33. The highest BCUT2D eigenvalue weighted by Crippen LogP contribution is 2.32. The van der Waals surface area contributed by atoms with Crippen molar-refractivity contribution in [2.24, 2.45) is 0 Å². The van der Waals surface area contributed by atoms with Crippen LogP contribution in [0, 0.1) is 0 Å². The van der Waals surface area contributed by atoms with Gasteiger partial charge in [0.25, 0.3) is 0 Å². The molecular weight excluding hydrogens is 270 g/mol. The summed E-state index contributed by atoms with van der Waals surface area (Å²) in [5, 5.41) is 10.3. The molecule has 1 aromatic carbocycles. The zero-order chi connectivity index (χ0) is 13.1. The van der Waals surface area contributed by atoms with Gasteiger partial charge in [-0.2, -0.15) is 11.8 Å². The molecule has 0 radical (unpaired) electrons. The Morgan fingerprint density at radius 2 is 2.17 bits per heavy atom. The van der Waals surface area contributed by atoms with Gasteiger partial charge in [0.1, 0.15) is 6.54 Å². The van der Waals surface area contributed by atoms with Crippen molar-refractivity contribution >= 4 is 35.0 Å². The van der Waals surface area contributed by atoms with Crippen LogP contribution in [0.2, 0.25) is 5.02 Å². The number of halogens is 1. The van der Waals surface area contributed by atoms with Crippen LogP contribution >= 0.6 is 23.4 Å². The van der Waals surface area contributed by atoms with E-state index in [0.717, 1.165) is 17.9 Å². The molecule has 0 aromatic heterocycles. The molecule has 0 aliphatic carbocycles. The van der Waals surface area contributed by atoms with Crippen LogP contribution in [0.15, 0.2) is 24.3 Å². The molecule has 0 bridgehead atoms. The van der Waals surface area contributed by atoms with Crippen LogP contribution in [0.25, 0.3) is 0 Å². The maximum Gasteiger partial charge on any atom is 0.323 e. The second-order valence-electron chi connectivity index (χ2n) is 4.53. The topological polar surface area (TPSA) is 40.5 Å². The Balaban J connectivity index is 2.19. The first-order chi connectivity index (χ1) is 8.56. The summed E-state index contributed by atoms with van der Waals surface area (Å²) in [6, 6.07) is 7.68. The molecule has 0 amide bonds. The molecular formula is C13H16ClNO2S. The van der Waals surface area contributed by atoms with Crippen LogP contribution in [0.5, 0.6) is 0 Å². The Bertz CT molecular complexity index is 424. The van der Waals surface area contributed by atoms with Gasteiger partial charge in [-0.25, -0.2) is 0 Å². The quantitative estimate of drug-likeness (QED) is 0.923. The number of anilines is 1. The third-order valence-electron chi connectivity index (χ3n) is 3.08. The fourth-order valence-corrected chi connectivity index (χ4v) is 3.57. The number of benzene rings is 1. The number of carbonyl (C=O) groups is 1. The smallest absolute Gasteiger partial charge is 0.323 e. The van der Waals surface area contributed by atoms with E-state index in [0.29, 0.717) is 16.3 Å². The lowest BCUT2D eigenvalue weighted by Crippen LogP contribution is -2.39. The first-order valence-corrected chi connectivity index (χ1v) is 7.34. The van der Waals surface area contributed by atoms with Crippen LogP contribution in [-0.2, 0) is 4.79 Å². The highest BCUT2D eigenvalue weighted by atomic mass is 35.5. The molecule has 98 valence electrons. The fraction of sp³-hybridized carbons (Fsp3) is 0.462. The fourth-order valence-electron chi connectivity index (χ4n) is 2.22. The van der Waals surface area contributed by atoms with Gasteiger partial charge in [-0.05, 0) is 30.7 Å². The molecule has 2 unspecified atom stereocenters. The number of carboxylic acids is 1. The number of rotatable bonds is 4. The van der Waals surface area contributed by atoms with Crippen molar-refractivity contribution in [3.8, 4) is 0 Å². The number of aliphatic carboxylic acids is 1. The monoisotopic (exact) mass is 285 g/mol. The number of hydrogen-bond acceptors (Lipinski definition) is 3. The summed E-state index contributed by atoms with van der Waals surface area (Å²) in [5.74, 6) is 0.186. The van der Waals surface area contributed by atoms with E-state index >= 15 is 0 Å². The molecule has 1 N–H and O–H groups in total. The van der Waals surface area contributed by atoms with Gasteiger partial charge in [-0.3, -0.25) is 4.79 Å². The van der Waals surface area contributed by atoms with E-state index in [1.54, 1.807) is 12.1 Å². The molecule has 2 atom stereocenters. The predicted molar refractivity (Wildman–Crippen MR) is 76.8 cm³/mol. The molecule has 0 spiro atoms. The minimum Gasteiger partial charge on any atom is -0.480 e. The summed E-state index contributed by atoms with van der Waals surface area (Å²) in [7, 11) is 0. The maximum atomic E-state index is 11.0. The maximum absolute atomic E-state index is 11.0. The molecule has 5 heteroatoms. The molecule has 1 aliphatic rings. The van der Waals surface area contributed by atoms with Crippen molar-refractivity contribution in [2.45, 2.75) is 24.6 Å². The Kier molecular flexibility index (Phi) is 4.40. The summed E-state index contributed by atoms with van der Waals surface area (Å²) in [6.07, 6.45) is 1.03. The summed E-state index contributed by atoms with van der Waals surface area (Å²) in [6.45, 7) is 2.23. The molecule has 1 aromatic rings. The Labute approximate surface area is 116 Å². The van der Waals surface area contributed by atoms with E-state index < -0.39 is 5.97 Å². The summed E-state index contributed by atoms with van der Waals surface area (Å²) < 4.78 is 0. The van der Waals surface area contributed by atoms with Crippen molar-refractivity contribution in [3.63, 3.8) is 0 Å². The van der Waals surface area contributed by atoms with Crippen LogP contribution < -0.4 is 4.90 Å². The van der Waals surface area contributed by atoms with E-state index in [-0.39, 0.29) is 6.54 Å². The molecule has 1 fully saturated rings. The first kappa shape index (κ1) is 13.6. The highest BCUT2D eigenvalue weighted by Gasteiger charge is 2.28. The first-order valence-electron chi connectivity index (χ1n) is 5.92. The van der Waals surface area contributed by atoms with Crippen LogP contribution in [0.3, 0.4) is 0 Å². The Morgan fingerprint density at radius 1 is 1.50 bits per heavy atom. The number of nitrogens with zero attached hydrogens (tertiary/aromatic N) is 1.